The Hall–Kier alpha value is -1.55. The Bertz CT molecular complexity index is 456. The van der Waals surface area contributed by atoms with Gasteiger partial charge < -0.3 is 15.8 Å². The molecule has 0 aliphatic rings. The number of carbonyl (C=O) groups excluding carboxylic acids is 1. The molecule has 0 bridgehead atoms. The number of hydrogen-bond donors (Lipinski definition) is 2. The number of nitrogens with two attached hydrogens (primary N) is 1. The van der Waals surface area contributed by atoms with Gasteiger partial charge in [0.25, 0.3) is 5.91 Å². The molecule has 0 fully saturated rings. The Balaban J connectivity index is 2.66. The van der Waals surface area contributed by atoms with E-state index in [2.05, 4.69) is 19.2 Å². The molecule has 1 aromatic carbocycles. The van der Waals surface area contributed by atoms with Crippen LogP contribution in [0.3, 0.4) is 0 Å². The van der Waals surface area contributed by atoms with Gasteiger partial charge >= 0.3 is 0 Å². The molecule has 4 nitrogen and oxygen atoms in total. The SMILES string of the molecule is Cc1cc([C@H](C)N)ccc1OC(C)C(=O)NCC(C)C. The Morgan fingerprint density at radius 3 is 2.45 bits per heavy atom. The van der Waals surface area contributed by atoms with Crippen molar-refractivity contribution in [3.8, 4) is 5.75 Å². The average molecular weight is 278 g/mol. The Morgan fingerprint density at radius 2 is 1.95 bits per heavy atom. The molecule has 1 aromatic rings. The van der Waals surface area contributed by atoms with E-state index in [4.69, 9.17) is 10.5 Å². The van der Waals surface area contributed by atoms with Gasteiger partial charge in [-0.05, 0) is 43.9 Å². The Morgan fingerprint density at radius 1 is 1.30 bits per heavy atom. The van der Waals surface area contributed by atoms with Crippen LogP contribution in [0.4, 0.5) is 0 Å². The molecular formula is C16H26N2O2. The van der Waals surface area contributed by atoms with E-state index in [0.29, 0.717) is 12.5 Å². The van der Waals surface area contributed by atoms with Gasteiger partial charge in [0.05, 0.1) is 0 Å². The summed E-state index contributed by atoms with van der Waals surface area (Å²) in [4.78, 5) is 11.9. The summed E-state index contributed by atoms with van der Waals surface area (Å²) in [6.45, 7) is 10.4. The predicted octanol–water partition coefficient (Wildman–Crippen LogP) is 2.55. The summed E-state index contributed by atoms with van der Waals surface area (Å²) in [7, 11) is 0. The van der Waals surface area contributed by atoms with E-state index in [1.807, 2.05) is 32.0 Å². The van der Waals surface area contributed by atoms with Crippen LogP contribution in [0.25, 0.3) is 0 Å². The lowest BCUT2D eigenvalue weighted by atomic mass is 10.1. The van der Waals surface area contributed by atoms with Gasteiger partial charge in [-0.15, -0.1) is 0 Å². The van der Waals surface area contributed by atoms with Crippen molar-refractivity contribution in [1.29, 1.82) is 0 Å². The lowest BCUT2D eigenvalue weighted by molar-refractivity contribution is -0.127. The molecular weight excluding hydrogens is 252 g/mol. The average Bonchev–Trinajstić information content (AvgIpc) is 2.37. The van der Waals surface area contributed by atoms with E-state index < -0.39 is 6.10 Å². The van der Waals surface area contributed by atoms with E-state index in [9.17, 15) is 4.79 Å². The first-order chi connectivity index (χ1) is 9.31. The highest BCUT2D eigenvalue weighted by molar-refractivity contribution is 5.80. The molecule has 112 valence electrons. The molecule has 1 unspecified atom stereocenters. The summed E-state index contributed by atoms with van der Waals surface area (Å²) in [5.74, 6) is 1.06. The number of amides is 1. The van der Waals surface area contributed by atoms with Crippen LogP contribution in [-0.4, -0.2) is 18.6 Å². The second-order valence-electron chi connectivity index (χ2n) is 5.71. The van der Waals surface area contributed by atoms with Crippen molar-refractivity contribution < 1.29 is 9.53 Å². The summed E-state index contributed by atoms with van der Waals surface area (Å²) in [6, 6.07) is 5.81. The van der Waals surface area contributed by atoms with Crippen molar-refractivity contribution in [2.45, 2.75) is 46.8 Å². The monoisotopic (exact) mass is 278 g/mol. The normalized spacial score (nSPS) is 13.9. The molecule has 2 atom stereocenters. The maximum Gasteiger partial charge on any atom is 0.260 e. The zero-order chi connectivity index (χ0) is 15.3. The maximum absolute atomic E-state index is 11.9. The van der Waals surface area contributed by atoms with Gasteiger partial charge in [-0.2, -0.15) is 0 Å². The molecule has 0 radical (unpaired) electrons. The van der Waals surface area contributed by atoms with E-state index >= 15 is 0 Å². The van der Waals surface area contributed by atoms with Crippen molar-refractivity contribution >= 4 is 5.91 Å². The minimum atomic E-state index is -0.506. The minimum absolute atomic E-state index is 0.00508. The number of benzene rings is 1. The number of rotatable bonds is 6. The summed E-state index contributed by atoms with van der Waals surface area (Å²) >= 11 is 0. The third kappa shape index (κ3) is 4.85. The fourth-order valence-corrected chi connectivity index (χ4v) is 1.78. The lowest BCUT2D eigenvalue weighted by Gasteiger charge is -2.18. The molecule has 3 N–H and O–H groups in total. The highest BCUT2D eigenvalue weighted by Gasteiger charge is 2.16. The third-order valence-corrected chi connectivity index (χ3v) is 3.08. The van der Waals surface area contributed by atoms with Gasteiger partial charge in [-0.25, -0.2) is 0 Å². The highest BCUT2D eigenvalue weighted by atomic mass is 16.5. The van der Waals surface area contributed by atoms with E-state index in [1.165, 1.54) is 0 Å². The molecule has 0 saturated carbocycles. The summed E-state index contributed by atoms with van der Waals surface area (Å²) in [6.07, 6.45) is -0.506. The number of nitrogens with one attached hydrogen (secondary N) is 1. The molecule has 0 spiro atoms. The van der Waals surface area contributed by atoms with Crippen LogP contribution >= 0.6 is 0 Å². The fraction of sp³-hybridized carbons (Fsp3) is 0.562. The van der Waals surface area contributed by atoms with Crippen LogP contribution in [-0.2, 0) is 4.79 Å². The highest BCUT2D eigenvalue weighted by Crippen LogP contribution is 2.22. The summed E-state index contributed by atoms with van der Waals surface area (Å²) < 4.78 is 5.72. The van der Waals surface area contributed by atoms with E-state index in [-0.39, 0.29) is 11.9 Å². The number of carbonyl (C=O) groups is 1. The molecule has 0 aliphatic heterocycles. The zero-order valence-electron chi connectivity index (χ0n) is 13.1. The van der Waals surface area contributed by atoms with Gasteiger partial charge in [0.2, 0.25) is 0 Å². The molecule has 1 amide bonds. The molecule has 4 heteroatoms. The van der Waals surface area contributed by atoms with Crippen LogP contribution in [0, 0.1) is 12.8 Å². The van der Waals surface area contributed by atoms with Crippen molar-refractivity contribution in [2.75, 3.05) is 6.54 Å². The summed E-state index contributed by atoms with van der Waals surface area (Å²) in [5.41, 5.74) is 7.90. The molecule has 1 rings (SSSR count). The number of hydrogen-bond acceptors (Lipinski definition) is 3. The van der Waals surface area contributed by atoms with Crippen LogP contribution in [0.2, 0.25) is 0 Å². The molecule has 0 aromatic heterocycles. The van der Waals surface area contributed by atoms with Gasteiger partial charge in [-0.3, -0.25) is 4.79 Å². The Kier molecular flexibility index (Phi) is 6.02. The second kappa shape index (κ2) is 7.29. The standard InChI is InChI=1S/C16H26N2O2/c1-10(2)9-18-16(19)13(5)20-15-7-6-14(12(4)17)8-11(15)3/h6-8,10,12-13H,9,17H2,1-5H3,(H,18,19)/t12-,13?/m0/s1. The number of aryl methyl sites for hydroxylation is 1. The quantitative estimate of drug-likeness (QED) is 0.840. The zero-order valence-corrected chi connectivity index (χ0v) is 13.1. The molecule has 0 heterocycles. The minimum Gasteiger partial charge on any atom is -0.481 e. The lowest BCUT2D eigenvalue weighted by Crippen LogP contribution is -2.38. The Labute approximate surface area is 121 Å². The molecule has 0 saturated heterocycles. The third-order valence-electron chi connectivity index (χ3n) is 3.08. The van der Waals surface area contributed by atoms with Crippen LogP contribution in [0.15, 0.2) is 18.2 Å². The van der Waals surface area contributed by atoms with Crippen molar-refractivity contribution in [3.05, 3.63) is 29.3 Å². The fourth-order valence-electron chi connectivity index (χ4n) is 1.78. The van der Waals surface area contributed by atoms with E-state index in [0.717, 1.165) is 16.9 Å². The van der Waals surface area contributed by atoms with Crippen LogP contribution in [0.1, 0.15) is 44.9 Å². The van der Waals surface area contributed by atoms with Crippen molar-refractivity contribution in [3.63, 3.8) is 0 Å². The predicted molar refractivity (Wildman–Crippen MR) is 81.7 cm³/mol. The van der Waals surface area contributed by atoms with E-state index in [1.54, 1.807) is 6.92 Å². The first-order valence-corrected chi connectivity index (χ1v) is 7.11. The molecule has 20 heavy (non-hydrogen) atoms. The first-order valence-electron chi connectivity index (χ1n) is 7.11. The van der Waals surface area contributed by atoms with Crippen molar-refractivity contribution in [2.24, 2.45) is 11.7 Å². The van der Waals surface area contributed by atoms with Gasteiger partial charge in [0.1, 0.15) is 5.75 Å². The van der Waals surface area contributed by atoms with Crippen molar-refractivity contribution in [1.82, 2.24) is 5.32 Å². The second-order valence-corrected chi connectivity index (χ2v) is 5.71. The number of ether oxygens (including phenoxy) is 1. The van der Waals surface area contributed by atoms with Gasteiger partial charge in [-0.1, -0.05) is 26.0 Å². The smallest absolute Gasteiger partial charge is 0.260 e. The van der Waals surface area contributed by atoms with Gasteiger partial charge in [0, 0.05) is 12.6 Å². The topological polar surface area (TPSA) is 64.3 Å². The maximum atomic E-state index is 11.9. The molecule has 0 aliphatic carbocycles. The van der Waals surface area contributed by atoms with Crippen LogP contribution in [0.5, 0.6) is 5.75 Å². The van der Waals surface area contributed by atoms with Gasteiger partial charge in [0.15, 0.2) is 6.10 Å². The first kappa shape index (κ1) is 16.5. The summed E-state index contributed by atoms with van der Waals surface area (Å²) in [5, 5.41) is 2.87. The largest absolute Gasteiger partial charge is 0.481 e. The van der Waals surface area contributed by atoms with Crippen LogP contribution < -0.4 is 15.8 Å².